The van der Waals surface area contributed by atoms with Gasteiger partial charge in [-0.3, -0.25) is 13.9 Å². The van der Waals surface area contributed by atoms with Crippen molar-refractivity contribution in [3.8, 4) is 5.75 Å². The molecule has 2 amide bonds. The summed E-state index contributed by atoms with van der Waals surface area (Å²) < 4.78 is 49.4. The van der Waals surface area contributed by atoms with Gasteiger partial charge in [0.25, 0.3) is 10.0 Å². The highest BCUT2D eigenvalue weighted by Gasteiger charge is 2.35. The lowest BCUT2D eigenvalue weighted by atomic mass is 10.0. The fourth-order valence-electron chi connectivity index (χ4n) is 4.85. The third-order valence-corrected chi connectivity index (χ3v) is 9.37. The maximum absolute atomic E-state index is 15.0. The standard InChI is InChI=1S/C35H37ClFN3O5S/c1-25(2)22-38-35(42)32(20-26-12-6-4-7-13-26)39(23-27-14-10-11-17-31(27)37)34(41)24-40(28-18-19-33(45-3)30(36)21-28)46(43,44)29-15-8-5-9-16-29/h4-19,21,25,32H,20,22-24H2,1-3H3,(H,38,42)/t32-/m0/s1. The quantitative estimate of drug-likeness (QED) is 0.176. The molecule has 0 aromatic heterocycles. The molecule has 11 heteroatoms. The molecule has 0 saturated heterocycles. The lowest BCUT2D eigenvalue weighted by Gasteiger charge is -2.34. The molecule has 0 aliphatic heterocycles. The van der Waals surface area contributed by atoms with Crippen LogP contribution in [0.3, 0.4) is 0 Å². The molecule has 0 fully saturated rings. The molecule has 4 aromatic rings. The van der Waals surface area contributed by atoms with Gasteiger partial charge in [-0.1, -0.05) is 92.2 Å². The molecule has 0 unspecified atom stereocenters. The number of carbonyl (C=O) groups is 2. The number of sulfonamides is 1. The fraction of sp³-hybridized carbons (Fsp3) is 0.257. The maximum Gasteiger partial charge on any atom is 0.264 e. The lowest BCUT2D eigenvalue weighted by molar-refractivity contribution is -0.140. The number of anilines is 1. The third-order valence-electron chi connectivity index (χ3n) is 7.29. The van der Waals surface area contributed by atoms with Crippen molar-refractivity contribution in [2.75, 3.05) is 24.5 Å². The van der Waals surface area contributed by atoms with Gasteiger partial charge in [-0.15, -0.1) is 0 Å². The Morgan fingerprint density at radius 1 is 0.913 bits per heavy atom. The van der Waals surface area contributed by atoms with E-state index in [9.17, 15) is 18.0 Å². The van der Waals surface area contributed by atoms with E-state index in [1.165, 1.54) is 60.5 Å². The highest BCUT2D eigenvalue weighted by molar-refractivity contribution is 7.92. The first kappa shape index (κ1) is 34.5. The van der Waals surface area contributed by atoms with Gasteiger partial charge in [0.2, 0.25) is 11.8 Å². The van der Waals surface area contributed by atoms with E-state index in [0.29, 0.717) is 12.3 Å². The first-order valence-electron chi connectivity index (χ1n) is 14.8. The van der Waals surface area contributed by atoms with Crippen LogP contribution in [-0.4, -0.2) is 51.4 Å². The van der Waals surface area contributed by atoms with Gasteiger partial charge >= 0.3 is 0 Å². The Bertz CT molecular complexity index is 1740. The van der Waals surface area contributed by atoms with Crippen LogP contribution in [0.1, 0.15) is 25.0 Å². The minimum absolute atomic E-state index is 0.0501. The van der Waals surface area contributed by atoms with Crippen LogP contribution in [0.15, 0.2) is 108 Å². The van der Waals surface area contributed by atoms with Crippen LogP contribution in [-0.2, 0) is 32.6 Å². The summed E-state index contributed by atoms with van der Waals surface area (Å²) in [4.78, 5) is 29.5. The molecule has 0 aliphatic rings. The number of halogens is 2. The Labute approximate surface area is 274 Å². The molecular formula is C35H37ClFN3O5S. The highest BCUT2D eigenvalue weighted by Crippen LogP contribution is 2.32. The summed E-state index contributed by atoms with van der Waals surface area (Å²) in [6.07, 6.45) is 0.116. The minimum Gasteiger partial charge on any atom is -0.495 e. The monoisotopic (exact) mass is 665 g/mol. The predicted octanol–water partition coefficient (Wildman–Crippen LogP) is 6.10. The Balaban J connectivity index is 1.82. The molecule has 1 N–H and O–H groups in total. The molecule has 46 heavy (non-hydrogen) atoms. The van der Waals surface area contributed by atoms with Crippen molar-refractivity contribution in [1.29, 1.82) is 0 Å². The van der Waals surface area contributed by atoms with E-state index < -0.39 is 40.2 Å². The fourth-order valence-corrected chi connectivity index (χ4v) is 6.52. The number of benzene rings is 4. The Morgan fingerprint density at radius 3 is 2.15 bits per heavy atom. The zero-order chi connectivity index (χ0) is 33.3. The second-order valence-corrected chi connectivity index (χ2v) is 13.4. The second kappa shape index (κ2) is 15.7. The van der Waals surface area contributed by atoms with Gasteiger partial charge < -0.3 is 15.0 Å². The summed E-state index contributed by atoms with van der Waals surface area (Å²) in [5.74, 6) is -1.26. The van der Waals surface area contributed by atoms with Crippen LogP contribution in [0, 0.1) is 11.7 Å². The first-order valence-corrected chi connectivity index (χ1v) is 16.6. The van der Waals surface area contributed by atoms with Crippen molar-refractivity contribution in [1.82, 2.24) is 10.2 Å². The van der Waals surface area contributed by atoms with Crippen molar-refractivity contribution < 1.29 is 27.1 Å². The van der Waals surface area contributed by atoms with Crippen molar-refractivity contribution in [2.24, 2.45) is 5.92 Å². The van der Waals surface area contributed by atoms with E-state index in [0.717, 1.165) is 9.87 Å². The van der Waals surface area contributed by atoms with Crippen LogP contribution >= 0.6 is 11.6 Å². The number of hydrogen-bond donors (Lipinski definition) is 1. The predicted molar refractivity (Wildman–Crippen MR) is 178 cm³/mol. The molecule has 0 spiro atoms. The van der Waals surface area contributed by atoms with E-state index in [-0.39, 0.29) is 40.1 Å². The molecule has 242 valence electrons. The number of nitrogens with zero attached hydrogens (tertiary/aromatic N) is 2. The molecule has 1 atom stereocenters. The summed E-state index contributed by atoms with van der Waals surface area (Å²) in [5, 5.41) is 3.05. The van der Waals surface area contributed by atoms with Crippen LogP contribution in [0.25, 0.3) is 0 Å². The number of methoxy groups -OCH3 is 1. The number of rotatable bonds is 14. The smallest absolute Gasteiger partial charge is 0.264 e. The zero-order valence-corrected chi connectivity index (χ0v) is 27.5. The Kier molecular flexibility index (Phi) is 11.8. The first-order chi connectivity index (χ1) is 22.0. The molecular weight excluding hydrogens is 629 g/mol. The third kappa shape index (κ3) is 8.64. The summed E-state index contributed by atoms with van der Waals surface area (Å²) in [7, 11) is -2.88. The summed E-state index contributed by atoms with van der Waals surface area (Å²) >= 11 is 6.40. The number of ether oxygens (including phenoxy) is 1. The van der Waals surface area contributed by atoms with Crippen molar-refractivity contribution in [3.63, 3.8) is 0 Å². The zero-order valence-electron chi connectivity index (χ0n) is 25.9. The SMILES string of the molecule is COc1ccc(N(CC(=O)N(Cc2ccccc2F)[C@@H](Cc2ccccc2)C(=O)NCC(C)C)S(=O)(=O)c2ccccc2)cc1Cl. The minimum atomic E-state index is -4.31. The molecule has 0 saturated carbocycles. The van der Waals surface area contributed by atoms with Gasteiger partial charge in [-0.2, -0.15) is 0 Å². The summed E-state index contributed by atoms with van der Waals surface area (Å²) in [6, 6.07) is 26.1. The van der Waals surface area contributed by atoms with Crippen LogP contribution in [0.5, 0.6) is 5.75 Å². The van der Waals surface area contributed by atoms with Gasteiger partial charge in [0, 0.05) is 25.1 Å². The normalized spacial score (nSPS) is 12.0. The number of hydrogen-bond acceptors (Lipinski definition) is 5. The van der Waals surface area contributed by atoms with E-state index in [1.54, 1.807) is 24.3 Å². The second-order valence-electron chi connectivity index (χ2n) is 11.1. The number of carbonyl (C=O) groups excluding carboxylic acids is 2. The van der Waals surface area contributed by atoms with Crippen molar-refractivity contribution >= 4 is 39.1 Å². The van der Waals surface area contributed by atoms with Crippen molar-refractivity contribution in [3.05, 3.63) is 125 Å². The molecule has 4 aromatic carbocycles. The highest BCUT2D eigenvalue weighted by atomic mass is 35.5. The Hall–Kier alpha value is -4.41. The molecule has 0 heterocycles. The molecule has 0 bridgehead atoms. The summed E-state index contributed by atoms with van der Waals surface area (Å²) in [5.41, 5.74) is 1.06. The lowest BCUT2D eigenvalue weighted by Crippen LogP contribution is -2.53. The molecule has 0 radical (unpaired) electrons. The van der Waals surface area contributed by atoms with Crippen molar-refractivity contribution in [2.45, 2.75) is 37.8 Å². The van der Waals surface area contributed by atoms with E-state index in [2.05, 4.69) is 5.32 Å². The van der Waals surface area contributed by atoms with Gasteiger partial charge in [0.1, 0.15) is 24.2 Å². The van der Waals surface area contributed by atoms with E-state index in [1.807, 2.05) is 44.2 Å². The van der Waals surface area contributed by atoms with E-state index in [4.69, 9.17) is 16.3 Å². The van der Waals surface area contributed by atoms with Crippen LogP contribution in [0.2, 0.25) is 5.02 Å². The van der Waals surface area contributed by atoms with Crippen LogP contribution < -0.4 is 14.4 Å². The average Bonchev–Trinajstić information content (AvgIpc) is 3.05. The summed E-state index contributed by atoms with van der Waals surface area (Å²) in [6.45, 7) is 3.27. The average molecular weight is 666 g/mol. The van der Waals surface area contributed by atoms with Gasteiger partial charge in [0.05, 0.1) is 22.7 Å². The number of amides is 2. The van der Waals surface area contributed by atoms with Gasteiger partial charge in [0.15, 0.2) is 0 Å². The van der Waals surface area contributed by atoms with E-state index >= 15 is 4.39 Å². The largest absolute Gasteiger partial charge is 0.495 e. The Morgan fingerprint density at radius 2 is 1.54 bits per heavy atom. The number of nitrogens with one attached hydrogen (secondary N) is 1. The topological polar surface area (TPSA) is 96.0 Å². The molecule has 8 nitrogen and oxygen atoms in total. The van der Waals surface area contributed by atoms with Crippen LogP contribution in [0.4, 0.5) is 10.1 Å². The molecule has 4 rings (SSSR count). The molecule has 0 aliphatic carbocycles. The van der Waals surface area contributed by atoms with Gasteiger partial charge in [-0.05, 0) is 47.9 Å². The van der Waals surface area contributed by atoms with Gasteiger partial charge in [-0.25, -0.2) is 12.8 Å². The maximum atomic E-state index is 15.0.